The van der Waals surface area contributed by atoms with Gasteiger partial charge in [-0.25, -0.2) is 0 Å². The highest BCUT2D eigenvalue weighted by Crippen LogP contribution is 2.38. The Kier molecular flexibility index (Phi) is 5.87. The second kappa shape index (κ2) is 8.15. The minimum atomic E-state index is -0.967. The molecule has 2 atom stereocenters. The van der Waals surface area contributed by atoms with Crippen molar-refractivity contribution in [1.82, 2.24) is 4.90 Å². The van der Waals surface area contributed by atoms with Crippen LogP contribution < -0.4 is 4.90 Å². The number of rotatable bonds is 7. The normalized spacial score (nSPS) is 19.9. The number of hydrogen-bond acceptors (Lipinski definition) is 4. The Labute approximate surface area is 163 Å². The number of Topliss-reactive ketones (excluding diaryl/α,β-unsaturated/α-hetero) is 2. The fourth-order valence-corrected chi connectivity index (χ4v) is 4.24. The highest BCUT2D eigenvalue weighted by Gasteiger charge is 2.51. The van der Waals surface area contributed by atoms with Crippen LogP contribution in [0.1, 0.15) is 33.3 Å². The fourth-order valence-electron chi connectivity index (χ4n) is 3.54. The number of carbonyl (C=O) groups is 3. The molecule has 27 heavy (non-hydrogen) atoms. The summed E-state index contributed by atoms with van der Waals surface area (Å²) in [6.07, 6.45) is 0.781. The second-order valence-corrected chi connectivity index (χ2v) is 8.30. The van der Waals surface area contributed by atoms with E-state index in [4.69, 9.17) is 0 Å². The van der Waals surface area contributed by atoms with E-state index in [2.05, 4.69) is 14.1 Å². The number of nitrogens with zero attached hydrogens (tertiary/aromatic N) is 1. The average molecular weight is 386 g/mol. The summed E-state index contributed by atoms with van der Waals surface area (Å²) in [7, 11) is 4.11. The molecule has 1 amide bonds. The molecule has 0 radical (unpaired) electrons. The van der Waals surface area contributed by atoms with E-state index in [0.29, 0.717) is 11.4 Å². The number of quaternary nitrogens is 1. The molecule has 1 saturated heterocycles. The van der Waals surface area contributed by atoms with Gasteiger partial charge in [-0.3, -0.25) is 14.4 Å². The summed E-state index contributed by atoms with van der Waals surface area (Å²) in [5.41, 5.74) is 1.94. The largest absolute Gasteiger partial charge is 0.340 e. The number of likely N-dealkylation sites (tertiary alicyclic amines) is 1. The highest BCUT2D eigenvalue weighted by atomic mass is 32.1. The van der Waals surface area contributed by atoms with Crippen LogP contribution in [-0.2, 0) is 9.59 Å². The number of ketones is 2. The Morgan fingerprint density at radius 1 is 1.15 bits per heavy atom. The van der Waals surface area contributed by atoms with Gasteiger partial charge in [-0.05, 0) is 23.9 Å². The molecule has 0 aliphatic carbocycles. The average Bonchev–Trinajstić information content (AvgIpc) is 3.25. The van der Waals surface area contributed by atoms with Crippen molar-refractivity contribution in [2.45, 2.75) is 19.4 Å². The van der Waals surface area contributed by atoms with E-state index in [1.807, 2.05) is 36.6 Å². The Hall–Kier alpha value is -2.31. The molecule has 2 aromatic rings. The van der Waals surface area contributed by atoms with E-state index >= 15 is 0 Å². The van der Waals surface area contributed by atoms with Crippen LogP contribution in [0.5, 0.6) is 0 Å². The molecule has 1 aromatic carbocycles. The fraction of sp³-hybridized carbons (Fsp3) is 0.381. The minimum Gasteiger partial charge on any atom is -0.340 e. The smallest absolute Gasteiger partial charge is 0.291 e. The third-order valence-electron chi connectivity index (χ3n) is 4.95. The third-order valence-corrected chi connectivity index (χ3v) is 5.83. The molecular weight excluding hydrogens is 360 g/mol. The first kappa shape index (κ1) is 19.5. The standard InChI is InChI=1S/C21H24N2O3S/c1-14-7-9-15(10-8-14)18-17(19(24)16-6-4-13-27-16)20(25)21(26)23(18)12-5-11-22(2)3/h4,6-10,13,17-18H,5,11-12H2,1-3H3/p+1. The Bertz CT molecular complexity index is 828. The number of amides is 1. The molecule has 1 aliphatic heterocycles. The first-order chi connectivity index (χ1) is 12.9. The maximum Gasteiger partial charge on any atom is 0.291 e. The summed E-state index contributed by atoms with van der Waals surface area (Å²) in [5, 5.41) is 1.81. The second-order valence-electron chi connectivity index (χ2n) is 7.35. The van der Waals surface area contributed by atoms with Gasteiger partial charge in [0.2, 0.25) is 5.78 Å². The quantitative estimate of drug-likeness (QED) is 0.447. The number of nitrogens with one attached hydrogen (secondary N) is 1. The van der Waals surface area contributed by atoms with Crippen molar-refractivity contribution >= 4 is 28.8 Å². The van der Waals surface area contributed by atoms with Crippen LogP contribution in [-0.4, -0.2) is 49.6 Å². The lowest BCUT2D eigenvalue weighted by atomic mass is 9.88. The molecule has 3 rings (SSSR count). The van der Waals surface area contributed by atoms with Gasteiger partial charge in [-0.2, -0.15) is 0 Å². The molecular formula is C21H25N2O3S+. The van der Waals surface area contributed by atoms with Crippen molar-refractivity contribution in [2.24, 2.45) is 5.92 Å². The van der Waals surface area contributed by atoms with Gasteiger partial charge in [0.15, 0.2) is 5.78 Å². The van der Waals surface area contributed by atoms with Gasteiger partial charge in [-0.15, -0.1) is 11.3 Å². The Morgan fingerprint density at radius 3 is 2.44 bits per heavy atom. The predicted octanol–water partition coefficient (Wildman–Crippen LogP) is 1.54. The van der Waals surface area contributed by atoms with Gasteiger partial charge >= 0.3 is 0 Å². The summed E-state index contributed by atoms with van der Waals surface area (Å²) < 4.78 is 0. The van der Waals surface area contributed by atoms with Crippen LogP contribution in [0.25, 0.3) is 0 Å². The lowest BCUT2D eigenvalue weighted by Crippen LogP contribution is -3.05. The Morgan fingerprint density at radius 2 is 1.85 bits per heavy atom. The van der Waals surface area contributed by atoms with Crippen molar-refractivity contribution in [3.63, 3.8) is 0 Å². The highest BCUT2D eigenvalue weighted by molar-refractivity contribution is 7.12. The molecule has 142 valence electrons. The number of hydrogen-bond donors (Lipinski definition) is 1. The van der Waals surface area contributed by atoms with Gasteiger partial charge in [0.05, 0.1) is 31.6 Å². The summed E-state index contributed by atoms with van der Waals surface area (Å²) in [6, 6.07) is 10.7. The summed E-state index contributed by atoms with van der Waals surface area (Å²) in [5.74, 6) is -2.35. The maximum atomic E-state index is 13.0. The molecule has 6 heteroatoms. The van der Waals surface area contributed by atoms with Crippen LogP contribution in [0.2, 0.25) is 0 Å². The number of benzene rings is 1. The van der Waals surface area contributed by atoms with Crippen molar-refractivity contribution in [2.75, 3.05) is 27.2 Å². The lowest BCUT2D eigenvalue weighted by molar-refractivity contribution is -0.858. The van der Waals surface area contributed by atoms with Crippen LogP contribution in [0, 0.1) is 12.8 Å². The maximum absolute atomic E-state index is 13.0. The van der Waals surface area contributed by atoms with E-state index in [1.54, 1.807) is 17.0 Å². The molecule has 5 nitrogen and oxygen atoms in total. The monoisotopic (exact) mass is 385 g/mol. The van der Waals surface area contributed by atoms with Crippen molar-refractivity contribution in [3.05, 3.63) is 57.8 Å². The first-order valence-corrected chi connectivity index (χ1v) is 10.1. The van der Waals surface area contributed by atoms with Crippen LogP contribution in [0.3, 0.4) is 0 Å². The van der Waals surface area contributed by atoms with E-state index in [9.17, 15) is 14.4 Å². The van der Waals surface area contributed by atoms with Crippen molar-refractivity contribution < 1.29 is 19.3 Å². The van der Waals surface area contributed by atoms with E-state index in [1.165, 1.54) is 16.2 Å². The molecule has 0 saturated carbocycles. The molecule has 1 N–H and O–H groups in total. The van der Waals surface area contributed by atoms with Crippen molar-refractivity contribution in [3.8, 4) is 0 Å². The summed E-state index contributed by atoms with van der Waals surface area (Å²) >= 11 is 1.31. The van der Waals surface area contributed by atoms with E-state index in [0.717, 1.165) is 24.1 Å². The Balaban J connectivity index is 1.96. The van der Waals surface area contributed by atoms with Gasteiger partial charge in [-0.1, -0.05) is 35.9 Å². The molecule has 1 fully saturated rings. The van der Waals surface area contributed by atoms with E-state index < -0.39 is 23.7 Å². The molecule has 0 spiro atoms. The van der Waals surface area contributed by atoms with Gasteiger partial charge < -0.3 is 9.80 Å². The first-order valence-electron chi connectivity index (χ1n) is 9.18. The molecule has 1 aromatic heterocycles. The lowest BCUT2D eigenvalue weighted by Gasteiger charge is -2.27. The van der Waals surface area contributed by atoms with Crippen LogP contribution >= 0.6 is 11.3 Å². The number of thiophene rings is 1. The zero-order chi connectivity index (χ0) is 19.6. The minimum absolute atomic E-state index is 0.255. The molecule has 1 aliphatic rings. The van der Waals surface area contributed by atoms with Crippen molar-refractivity contribution in [1.29, 1.82) is 0 Å². The van der Waals surface area contributed by atoms with Crippen LogP contribution in [0.15, 0.2) is 41.8 Å². The predicted molar refractivity (Wildman–Crippen MR) is 105 cm³/mol. The molecule has 2 unspecified atom stereocenters. The SMILES string of the molecule is Cc1ccc(C2C(C(=O)c3cccs3)C(=O)C(=O)N2CCC[NH+](C)C)cc1. The molecule has 2 heterocycles. The topological polar surface area (TPSA) is 58.9 Å². The van der Waals surface area contributed by atoms with Crippen LogP contribution in [0.4, 0.5) is 0 Å². The van der Waals surface area contributed by atoms with Gasteiger partial charge in [0, 0.05) is 13.0 Å². The molecule has 0 bridgehead atoms. The number of aryl methyl sites for hydroxylation is 1. The summed E-state index contributed by atoms with van der Waals surface area (Å²) in [4.78, 5) is 42.0. The zero-order valence-electron chi connectivity index (χ0n) is 15.9. The summed E-state index contributed by atoms with van der Waals surface area (Å²) in [6.45, 7) is 3.35. The number of carbonyl (C=O) groups excluding carboxylic acids is 3. The van der Waals surface area contributed by atoms with Gasteiger partial charge in [0.25, 0.3) is 5.91 Å². The van der Waals surface area contributed by atoms with E-state index in [-0.39, 0.29) is 5.78 Å². The zero-order valence-corrected chi connectivity index (χ0v) is 16.7. The van der Waals surface area contributed by atoms with Gasteiger partial charge in [0.1, 0.15) is 5.92 Å². The third kappa shape index (κ3) is 4.01.